The van der Waals surface area contributed by atoms with E-state index in [2.05, 4.69) is 30.6 Å². The van der Waals surface area contributed by atoms with E-state index in [1.165, 1.54) is 0 Å². The van der Waals surface area contributed by atoms with Crippen LogP contribution in [-0.4, -0.2) is 25.0 Å². The van der Waals surface area contributed by atoms with E-state index in [9.17, 15) is 4.79 Å². The molecule has 0 aliphatic carbocycles. The van der Waals surface area contributed by atoms with Gasteiger partial charge in [0.25, 0.3) is 0 Å². The number of hydrogen-bond acceptors (Lipinski definition) is 2. The van der Waals surface area contributed by atoms with Gasteiger partial charge in [-0.05, 0) is 25.3 Å². The Morgan fingerprint density at radius 1 is 1.64 bits per heavy atom. The summed E-state index contributed by atoms with van der Waals surface area (Å²) in [6.07, 6.45) is 6.19. The van der Waals surface area contributed by atoms with Gasteiger partial charge in [0, 0.05) is 6.54 Å². The lowest BCUT2D eigenvalue weighted by Gasteiger charge is -2.09. The minimum absolute atomic E-state index is 0.0439. The highest BCUT2D eigenvalue weighted by atomic mass is 16.2. The molecule has 80 valence electrons. The maximum absolute atomic E-state index is 11.5. The molecule has 3 nitrogen and oxygen atoms in total. The van der Waals surface area contributed by atoms with Crippen LogP contribution < -0.4 is 10.6 Å². The third-order valence-electron chi connectivity index (χ3n) is 2.29. The first kappa shape index (κ1) is 11.2. The number of hydrogen-bond donors (Lipinski definition) is 2. The molecule has 0 saturated carbocycles. The molecule has 1 fully saturated rings. The molecule has 0 radical (unpaired) electrons. The highest BCUT2D eigenvalue weighted by Crippen LogP contribution is 2.04. The summed E-state index contributed by atoms with van der Waals surface area (Å²) in [5.41, 5.74) is 0. The number of amides is 1. The van der Waals surface area contributed by atoms with Crippen LogP contribution in [0.5, 0.6) is 0 Å². The van der Waals surface area contributed by atoms with Gasteiger partial charge in [-0.3, -0.25) is 4.79 Å². The predicted octanol–water partition coefficient (Wildman–Crippen LogP) is 1.07. The number of carbonyl (C=O) groups excluding carboxylic acids is 1. The Morgan fingerprint density at radius 2 is 2.43 bits per heavy atom. The number of carbonyl (C=O) groups is 1. The van der Waals surface area contributed by atoms with Crippen LogP contribution in [0.1, 0.15) is 26.7 Å². The van der Waals surface area contributed by atoms with Crippen LogP contribution in [0.3, 0.4) is 0 Å². The van der Waals surface area contributed by atoms with Gasteiger partial charge in [-0.15, -0.1) is 0 Å². The summed E-state index contributed by atoms with van der Waals surface area (Å²) in [6.45, 7) is 5.86. The zero-order valence-corrected chi connectivity index (χ0v) is 9.05. The van der Waals surface area contributed by atoms with Crippen LogP contribution in [0.15, 0.2) is 12.2 Å². The van der Waals surface area contributed by atoms with Crippen LogP contribution in [0.25, 0.3) is 0 Å². The van der Waals surface area contributed by atoms with Crippen LogP contribution in [0, 0.1) is 5.92 Å². The highest BCUT2D eigenvalue weighted by Gasteiger charge is 2.20. The van der Waals surface area contributed by atoms with Crippen molar-refractivity contribution in [1.29, 1.82) is 0 Å². The maximum Gasteiger partial charge on any atom is 0.237 e. The highest BCUT2D eigenvalue weighted by molar-refractivity contribution is 5.82. The Labute approximate surface area is 86.0 Å². The van der Waals surface area contributed by atoms with Gasteiger partial charge in [0.2, 0.25) is 5.91 Å². The number of allylic oxidation sites excluding steroid dienone is 1. The fourth-order valence-corrected chi connectivity index (χ4v) is 1.53. The summed E-state index contributed by atoms with van der Waals surface area (Å²) in [5.74, 6) is 0.687. The van der Waals surface area contributed by atoms with Crippen molar-refractivity contribution in [2.24, 2.45) is 5.92 Å². The smallest absolute Gasteiger partial charge is 0.237 e. The molecule has 14 heavy (non-hydrogen) atoms. The quantitative estimate of drug-likeness (QED) is 0.660. The van der Waals surface area contributed by atoms with Gasteiger partial charge in [0.05, 0.1) is 6.04 Å². The Hall–Kier alpha value is -0.830. The van der Waals surface area contributed by atoms with E-state index < -0.39 is 0 Å². The lowest BCUT2D eigenvalue weighted by atomic mass is 10.2. The van der Waals surface area contributed by atoms with Crippen LogP contribution in [0.4, 0.5) is 0 Å². The van der Waals surface area contributed by atoms with Gasteiger partial charge in [-0.2, -0.15) is 0 Å². The molecule has 0 aromatic carbocycles. The standard InChI is InChI=1S/C11H20N2O/c1-9(2)5-3-8-13-11(14)10-6-4-7-12-10/h3,5,9-10,12H,4,6-8H2,1-2H3,(H,13,14)/t10-/m0/s1. The molecule has 1 aliphatic rings. The fourth-order valence-electron chi connectivity index (χ4n) is 1.53. The first-order valence-corrected chi connectivity index (χ1v) is 5.38. The van der Waals surface area contributed by atoms with E-state index in [0.29, 0.717) is 12.5 Å². The molecule has 1 amide bonds. The number of rotatable bonds is 4. The Balaban J connectivity index is 2.14. The van der Waals surface area contributed by atoms with E-state index in [-0.39, 0.29) is 11.9 Å². The molecule has 0 aromatic rings. The fraction of sp³-hybridized carbons (Fsp3) is 0.727. The Morgan fingerprint density at radius 3 is 3.00 bits per heavy atom. The maximum atomic E-state index is 11.5. The van der Waals surface area contributed by atoms with Crippen molar-refractivity contribution in [1.82, 2.24) is 10.6 Å². The van der Waals surface area contributed by atoms with Gasteiger partial charge in [-0.1, -0.05) is 26.0 Å². The molecule has 2 N–H and O–H groups in total. The van der Waals surface area contributed by atoms with Crippen molar-refractivity contribution < 1.29 is 4.79 Å². The van der Waals surface area contributed by atoms with Gasteiger partial charge < -0.3 is 10.6 Å². The molecule has 1 saturated heterocycles. The van der Waals surface area contributed by atoms with Crippen LogP contribution in [-0.2, 0) is 4.79 Å². The molecule has 1 atom stereocenters. The van der Waals surface area contributed by atoms with Crippen molar-refractivity contribution >= 4 is 5.91 Å². The summed E-state index contributed by atoms with van der Waals surface area (Å²) in [5, 5.41) is 6.06. The molecule has 0 bridgehead atoms. The molecule has 1 aliphatic heterocycles. The minimum Gasteiger partial charge on any atom is -0.351 e. The van der Waals surface area contributed by atoms with E-state index >= 15 is 0 Å². The third-order valence-corrected chi connectivity index (χ3v) is 2.29. The zero-order valence-electron chi connectivity index (χ0n) is 9.05. The molecule has 1 heterocycles. The second-order valence-corrected chi connectivity index (χ2v) is 4.07. The summed E-state index contributed by atoms with van der Waals surface area (Å²) in [4.78, 5) is 11.5. The molecular formula is C11H20N2O. The van der Waals surface area contributed by atoms with E-state index in [1.807, 2.05) is 6.08 Å². The van der Waals surface area contributed by atoms with Gasteiger partial charge in [0.1, 0.15) is 0 Å². The van der Waals surface area contributed by atoms with Gasteiger partial charge in [-0.25, -0.2) is 0 Å². The predicted molar refractivity (Wildman–Crippen MR) is 58.0 cm³/mol. The minimum atomic E-state index is 0.0439. The monoisotopic (exact) mass is 196 g/mol. The van der Waals surface area contributed by atoms with E-state index in [1.54, 1.807) is 0 Å². The van der Waals surface area contributed by atoms with E-state index in [0.717, 1.165) is 19.4 Å². The second-order valence-electron chi connectivity index (χ2n) is 4.07. The summed E-state index contributed by atoms with van der Waals surface area (Å²) in [6, 6.07) is 0.0439. The third kappa shape index (κ3) is 3.92. The van der Waals surface area contributed by atoms with Crippen LogP contribution in [0.2, 0.25) is 0 Å². The Kier molecular flexibility index (Phi) is 4.66. The van der Waals surface area contributed by atoms with Crippen molar-refractivity contribution in [3.8, 4) is 0 Å². The van der Waals surface area contributed by atoms with E-state index in [4.69, 9.17) is 0 Å². The van der Waals surface area contributed by atoms with Crippen LogP contribution >= 0.6 is 0 Å². The molecule has 1 rings (SSSR count). The average Bonchev–Trinajstić information content (AvgIpc) is 2.64. The lowest BCUT2D eigenvalue weighted by Crippen LogP contribution is -2.40. The topological polar surface area (TPSA) is 41.1 Å². The van der Waals surface area contributed by atoms with Gasteiger partial charge >= 0.3 is 0 Å². The average molecular weight is 196 g/mol. The normalized spacial score (nSPS) is 22.1. The first-order chi connectivity index (χ1) is 6.70. The number of nitrogens with one attached hydrogen (secondary N) is 2. The van der Waals surface area contributed by atoms with Gasteiger partial charge in [0.15, 0.2) is 0 Å². The van der Waals surface area contributed by atoms with Crippen molar-refractivity contribution in [3.05, 3.63) is 12.2 Å². The summed E-state index contributed by atoms with van der Waals surface area (Å²) in [7, 11) is 0. The zero-order chi connectivity index (χ0) is 10.4. The molecular weight excluding hydrogens is 176 g/mol. The Bertz CT molecular complexity index is 205. The molecule has 0 unspecified atom stereocenters. The molecule has 0 aromatic heterocycles. The first-order valence-electron chi connectivity index (χ1n) is 5.38. The van der Waals surface area contributed by atoms with Crippen molar-refractivity contribution in [2.75, 3.05) is 13.1 Å². The summed E-state index contributed by atoms with van der Waals surface area (Å²) < 4.78 is 0. The summed E-state index contributed by atoms with van der Waals surface area (Å²) >= 11 is 0. The lowest BCUT2D eigenvalue weighted by molar-refractivity contribution is -0.122. The second kappa shape index (κ2) is 5.81. The van der Waals surface area contributed by atoms with Crippen molar-refractivity contribution in [3.63, 3.8) is 0 Å². The largest absolute Gasteiger partial charge is 0.351 e. The molecule has 3 heteroatoms. The SMILES string of the molecule is CC(C)C=CCNC(=O)[C@@H]1CCCN1. The molecule has 0 spiro atoms. The van der Waals surface area contributed by atoms with Crippen molar-refractivity contribution in [2.45, 2.75) is 32.7 Å².